The van der Waals surface area contributed by atoms with Crippen LogP contribution in [0.25, 0.3) is 0 Å². The lowest BCUT2D eigenvalue weighted by atomic mass is 10.0. The molecule has 0 aliphatic carbocycles. The molecule has 0 radical (unpaired) electrons. The van der Waals surface area contributed by atoms with E-state index in [-0.39, 0.29) is 0 Å². The smallest absolute Gasteiger partial charge is 0.412 e. The number of piperidine rings is 1. The molecule has 116 valence electrons. The summed E-state index contributed by atoms with van der Waals surface area (Å²) in [6, 6.07) is -0.646. The molecule has 1 aliphatic rings. The van der Waals surface area contributed by atoms with Crippen LogP contribution < -0.4 is 0 Å². The standard InChI is InChI=1S/C14H25NO5/c1-6-19-11-9-7-8-10(15(11)13(17)18-5)12(16)20-14(2,3)4/h10-11H,6-9H2,1-5H3/t10-,11?/m0/s1. The number of amides is 1. The predicted octanol–water partition coefficient (Wildman–Crippen LogP) is 2.31. The Hall–Kier alpha value is -1.30. The molecule has 1 unspecified atom stereocenters. The van der Waals surface area contributed by atoms with Gasteiger partial charge in [-0.1, -0.05) is 0 Å². The van der Waals surface area contributed by atoms with Crippen molar-refractivity contribution >= 4 is 12.1 Å². The van der Waals surface area contributed by atoms with E-state index < -0.39 is 29.9 Å². The lowest BCUT2D eigenvalue weighted by Gasteiger charge is -2.39. The number of hydrogen-bond acceptors (Lipinski definition) is 5. The number of esters is 1. The fourth-order valence-corrected chi connectivity index (χ4v) is 2.27. The lowest BCUT2D eigenvalue weighted by molar-refractivity contribution is -0.170. The predicted molar refractivity (Wildman–Crippen MR) is 73.1 cm³/mol. The highest BCUT2D eigenvalue weighted by atomic mass is 16.6. The Morgan fingerprint density at radius 3 is 2.40 bits per heavy atom. The molecule has 6 heteroatoms. The highest BCUT2D eigenvalue weighted by molar-refractivity contribution is 5.82. The minimum Gasteiger partial charge on any atom is -0.458 e. The Morgan fingerprint density at radius 2 is 1.90 bits per heavy atom. The molecule has 0 N–H and O–H groups in total. The highest BCUT2D eigenvalue weighted by Crippen LogP contribution is 2.26. The summed E-state index contributed by atoms with van der Waals surface area (Å²) >= 11 is 0. The SMILES string of the molecule is CCOC1CCC[C@@H](C(=O)OC(C)(C)C)N1C(=O)OC. The van der Waals surface area contributed by atoms with Gasteiger partial charge in [0.05, 0.1) is 7.11 Å². The van der Waals surface area contributed by atoms with Crippen LogP contribution in [0.3, 0.4) is 0 Å². The summed E-state index contributed by atoms with van der Waals surface area (Å²) in [6.07, 6.45) is 1.08. The minimum absolute atomic E-state index is 0.410. The van der Waals surface area contributed by atoms with Crippen LogP contribution in [0.2, 0.25) is 0 Å². The molecule has 1 heterocycles. The topological polar surface area (TPSA) is 65.1 Å². The van der Waals surface area contributed by atoms with Gasteiger partial charge in [-0.25, -0.2) is 9.59 Å². The first kappa shape index (κ1) is 16.8. The quantitative estimate of drug-likeness (QED) is 0.745. The highest BCUT2D eigenvalue weighted by Gasteiger charge is 2.41. The van der Waals surface area contributed by atoms with Crippen LogP contribution in [-0.4, -0.2) is 48.5 Å². The number of carbonyl (C=O) groups excluding carboxylic acids is 2. The van der Waals surface area contributed by atoms with Crippen LogP contribution in [0.5, 0.6) is 0 Å². The van der Waals surface area contributed by atoms with E-state index in [1.54, 1.807) is 20.8 Å². The monoisotopic (exact) mass is 287 g/mol. The molecule has 0 aromatic heterocycles. The summed E-state index contributed by atoms with van der Waals surface area (Å²) in [4.78, 5) is 25.6. The van der Waals surface area contributed by atoms with Gasteiger partial charge in [-0.3, -0.25) is 4.90 Å². The van der Waals surface area contributed by atoms with Gasteiger partial charge in [0.1, 0.15) is 17.9 Å². The summed E-state index contributed by atoms with van der Waals surface area (Å²) in [6.45, 7) is 7.73. The molecule has 0 aromatic rings. The molecular formula is C14H25NO5. The Kier molecular flexibility index (Phi) is 5.80. The van der Waals surface area contributed by atoms with Crippen molar-refractivity contribution in [1.29, 1.82) is 0 Å². The molecule has 1 amide bonds. The van der Waals surface area contributed by atoms with Gasteiger partial charge in [-0.2, -0.15) is 0 Å². The van der Waals surface area contributed by atoms with Crippen LogP contribution in [-0.2, 0) is 19.0 Å². The van der Waals surface area contributed by atoms with E-state index in [1.807, 2.05) is 6.92 Å². The van der Waals surface area contributed by atoms with Crippen LogP contribution in [0.15, 0.2) is 0 Å². The molecule has 1 fully saturated rings. The second-order valence-corrected chi connectivity index (χ2v) is 5.77. The van der Waals surface area contributed by atoms with Gasteiger partial charge >= 0.3 is 12.1 Å². The number of ether oxygens (including phenoxy) is 3. The zero-order valence-electron chi connectivity index (χ0n) is 13.0. The van der Waals surface area contributed by atoms with E-state index >= 15 is 0 Å². The van der Waals surface area contributed by atoms with Gasteiger partial charge < -0.3 is 14.2 Å². The zero-order valence-corrected chi connectivity index (χ0v) is 13.0. The third-order valence-corrected chi connectivity index (χ3v) is 3.00. The first-order valence-corrected chi connectivity index (χ1v) is 7.01. The van der Waals surface area contributed by atoms with Crippen LogP contribution in [0.4, 0.5) is 4.79 Å². The molecule has 6 nitrogen and oxygen atoms in total. The van der Waals surface area contributed by atoms with E-state index in [0.717, 1.165) is 6.42 Å². The van der Waals surface area contributed by atoms with Crippen molar-refractivity contribution in [2.45, 2.75) is 64.8 Å². The Labute approximate surface area is 120 Å². The average molecular weight is 287 g/mol. The van der Waals surface area contributed by atoms with E-state index in [4.69, 9.17) is 14.2 Å². The molecule has 0 aromatic carbocycles. The van der Waals surface area contributed by atoms with E-state index in [9.17, 15) is 9.59 Å². The normalized spacial score (nSPS) is 23.4. The van der Waals surface area contributed by atoms with Gasteiger partial charge in [0.25, 0.3) is 0 Å². The third kappa shape index (κ3) is 4.37. The molecule has 1 rings (SSSR count). The van der Waals surface area contributed by atoms with Gasteiger partial charge in [0.15, 0.2) is 0 Å². The molecule has 1 saturated heterocycles. The van der Waals surface area contributed by atoms with E-state index in [2.05, 4.69) is 0 Å². The Bertz CT molecular complexity index is 348. The summed E-state index contributed by atoms with van der Waals surface area (Å²) in [5, 5.41) is 0. The number of hydrogen-bond donors (Lipinski definition) is 0. The van der Waals surface area contributed by atoms with Crippen molar-refractivity contribution in [2.75, 3.05) is 13.7 Å². The van der Waals surface area contributed by atoms with Crippen LogP contribution in [0.1, 0.15) is 47.0 Å². The van der Waals surface area contributed by atoms with Crippen LogP contribution >= 0.6 is 0 Å². The Morgan fingerprint density at radius 1 is 1.25 bits per heavy atom. The summed E-state index contributed by atoms with van der Waals surface area (Å²) in [5.41, 5.74) is -0.586. The summed E-state index contributed by atoms with van der Waals surface area (Å²) in [7, 11) is 1.30. The lowest BCUT2D eigenvalue weighted by Crippen LogP contribution is -2.55. The fraction of sp³-hybridized carbons (Fsp3) is 0.857. The molecule has 0 bridgehead atoms. The number of nitrogens with zero attached hydrogens (tertiary/aromatic N) is 1. The summed E-state index contributed by atoms with van der Waals surface area (Å²) in [5.74, 6) is -0.410. The maximum absolute atomic E-state index is 12.3. The third-order valence-electron chi connectivity index (χ3n) is 3.00. The average Bonchev–Trinajstić information content (AvgIpc) is 2.36. The van der Waals surface area contributed by atoms with Gasteiger partial charge in [-0.05, 0) is 47.0 Å². The second-order valence-electron chi connectivity index (χ2n) is 5.77. The zero-order chi connectivity index (χ0) is 15.3. The molecule has 0 spiro atoms. The molecule has 20 heavy (non-hydrogen) atoms. The molecular weight excluding hydrogens is 262 g/mol. The van der Waals surface area contributed by atoms with Crippen molar-refractivity contribution in [2.24, 2.45) is 0 Å². The summed E-state index contributed by atoms with van der Waals surface area (Å²) < 4.78 is 15.7. The first-order valence-electron chi connectivity index (χ1n) is 7.01. The molecule has 0 saturated carbocycles. The van der Waals surface area contributed by atoms with Crippen molar-refractivity contribution < 1.29 is 23.8 Å². The first-order chi connectivity index (χ1) is 9.30. The number of methoxy groups -OCH3 is 1. The van der Waals surface area contributed by atoms with Crippen molar-refractivity contribution in [3.05, 3.63) is 0 Å². The van der Waals surface area contributed by atoms with Gasteiger partial charge in [0, 0.05) is 6.61 Å². The minimum atomic E-state index is -0.646. The van der Waals surface area contributed by atoms with E-state index in [0.29, 0.717) is 19.4 Å². The van der Waals surface area contributed by atoms with Crippen molar-refractivity contribution in [3.63, 3.8) is 0 Å². The van der Waals surface area contributed by atoms with Gasteiger partial charge in [-0.15, -0.1) is 0 Å². The van der Waals surface area contributed by atoms with E-state index in [1.165, 1.54) is 12.0 Å². The number of rotatable bonds is 3. The maximum atomic E-state index is 12.3. The van der Waals surface area contributed by atoms with Crippen molar-refractivity contribution in [3.8, 4) is 0 Å². The van der Waals surface area contributed by atoms with Gasteiger partial charge in [0.2, 0.25) is 0 Å². The molecule has 1 aliphatic heterocycles. The Balaban J connectivity index is 2.89. The van der Waals surface area contributed by atoms with Crippen molar-refractivity contribution in [1.82, 2.24) is 4.90 Å². The maximum Gasteiger partial charge on any atom is 0.412 e. The fourth-order valence-electron chi connectivity index (χ4n) is 2.27. The number of carbonyl (C=O) groups is 2. The molecule has 2 atom stereocenters. The largest absolute Gasteiger partial charge is 0.458 e. The number of likely N-dealkylation sites (tertiary alicyclic amines) is 1. The second kappa shape index (κ2) is 6.92. The van der Waals surface area contributed by atoms with Crippen LogP contribution in [0, 0.1) is 0 Å².